The number of nitrogens with one attached hydrogen (secondary N) is 2. The Morgan fingerprint density at radius 2 is 1.92 bits per heavy atom. The van der Waals surface area contributed by atoms with Crippen molar-refractivity contribution < 1.29 is 9.90 Å². The molecule has 1 aliphatic heterocycles. The van der Waals surface area contributed by atoms with Crippen molar-refractivity contribution in [1.29, 1.82) is 0 Å². The van der Waals surface area contributed by atoms with Crippen molar-refractivity contribution in [1.82, 2.24) is 5.32 Å². The number of anilines is 2. The van der Waals surface area contributed by atoms with Crippen LogP contribution in [-0.2, 0) is 0 Å². The van der Waals surface area contributed by atoms with Crippen LogP contribution < -0.4 is 15.5 Å². The number of aliphatic hydroxyl groups is 1. The fraction of sp³-hybridized carbons (Fsp3) is 0.650. The van der Waals surface area contributed by atoms with Crippen LogP contribution in [0.5, 0.6) is 0 Å². The van der Waals surface area contributed by atoms with Crippen molar-refractivity contribution in [3.63, 3.8) is 0 Å². The number of piperidine rings is 1. The first-order valence-corrected chi connectivity index (χ1v) is 9.67. The van der Waals surface area contributed by atoms with Crippen LogP contribution in [0.4, 0.5) is 16.2 Å². The van der Waals surface area contributed by atoms with Crippen LogP contribution in [0.1, 0.15) is 57.4 Å². The Morgan fingerprint density at radius 3 is 2.64 bits per heavy atom. The summed E-state index contributed by atoms with van der Waals surface area (Å²) in [6.07, 6.45) is 7.08. The monoisotopic (exact) mass is 345 g/mol. The highest BCUT2D eigenvalue weighted by molar-refractivity contribution is 5.90. The first-order valence-electron chi connectivity index (χ1n) is 9.67. The SMILES string of the molecule is Cc1cc(N2CCCCC2C)ccc1NC(=O)NC1CCCCC1O. The van der Waals surface area contributed by atoms with Crippen LogP contribution in [0.2, 0.25) is 0 Å². The topological polar surface area (TPSA) is 64.6 Å². The molecule has 1 heterocycles. The molecule has 2 amide bonds. The largest absolute Gasteiger partial charge is 0.391 e. The van der Waals surface area contributed by atoms with E-state index >= 15 is 0 Å². The minimum Gasteiger partial charge on any atom is -0.391 e. The summed E-state index contributed by atoms with van der Waals surface area (Å²) in [5, 5.41) is 15.9. The summed E-state index contributed by atoms with van der Waals surface area (Å²) < 4.78 is 0. The van der Waals surface area contributed by atoms with Gasteiger partial charge in [0.1, 0.15) is 0 Å². The normalized spacial score (nSPS) is 27.0. The lowest BCUT2D eigenvalue weighted by Gasteiger charge is -2.35. The second-order valence-electron chi connectivity index (χ2n) is 7.59. The maximum Gasteiger partial charge on any atom is 0.319 e. The minimum atomic E-state index is -0.427. The van der Waals surface area contributed by atoms with Crippen LogP contribution in [0.25, 0.3) is 0 Å². The second-order valence-corrected chi connectivity index (χ2v) is 7.59. The molecule has 3 rings (SSSR count). The third kappa shape index (κ3) is 4.46. The van der Waals surface area contributed by atoms with Crippen molar-refractivity contribution in [3.8, 4) is 0 Å². The zero-order valence-corrected chi connectivity index (χ0v) is 15.4. The van der Waals surface area contributed by atoms with Gasteiger partial charge >= 0.3 is 6.03 Å². The van der Waals surface area contributed by atoms with E-state index in [2.05, 4.69) is 34.6 Å². The molecule has 3 unspecified atom stereocenters. The Morgan fingerprint density at radius 1 is 1.16 bits per heavy atom. The third-order valence-electron chi connectivity index (χ3n) is 5.64. The molecular weight excluding hydrogens is 314 g/mol. The van der Waals surface area contributed by atoms with Crippen LogP contribution in [-0.4, -0.2) is 35.9 Å². The number of hydrogen-bond acceptors (Lipinski definition) is 3. The lowest BCUT2D eigenvalue weighted by atomic mass is 9.93. The Labute approximate surface area is 150 Å². The first kappa shape index (κ1) is 18.1. The standard InChI is InChI=1S/C20H31N3O2/c1-14-13-16(23-12-6-5-7-15(23)2)10-11-17(14)21-20(25)22-18-8-3-4-9-19(18)24/h10-11,13,15,18-19,24H,3-9,12H2,1-2H3,(H2,21,22,25). The minimum absolute atomic E-state index is 0.137. The highest BCUT2D eigenvalue weighted by atomic mass is 16.3. The van der Waals surface area contributed by atoms with Crippen LogP contribution in [0.15, 0.2) is 18.2 Å². The van der Waals surface area contributed by atoms with Gasteiger partial charge in [0.05, 0.1) is 12.1 Å². The van der Waals surface area contributed by atoms with E-state index < -0.39 is 6.10 Å². The number of urea groups is 1. The molecule has 25 heavy (non-hydrogen) atoms. The predicted octanol–water partition coefficient (Wildman–Crippen LogP) is 3.80. The molecule has 1 aromatic rings. The fourth-order valence-corrected chi connectivity index (χ4v) is 4.05. The summed E-state index contributed by atoms with van der Waals surface area (Å²) in [6.45, 7) is 5.42. The van der Waals surface area contributed by atoms with E-state index in [1.54, 1.807) is 0 Å². The molecule has 1 saturated carbocycles. The lowest BCUT2D eigenvalue weighted by molar-refractivity contribution is 0.0955. The molecule has 5 heteroatoms. The molecule has 3 N–H and O–H groups in total. The molecule has 1 aliphatic carbocycles. The van der Waals surface area contributed by atoms with E-state index in [4.69, 9.17) is 0 Å². The zero-order chi connectivity index (χ0) is 17.8. The fourth-order valence-electron chi connectivity index (χ4n) is 4.05. The van der Waals surface area contributed by atoms with Crippen LogP contribution in [0.3, 0.4) is 0 Å². The molecule has 1 saturated heterocycles. The summed E-state index contributed by atoms with van der Waals surface area (Å²) in [5.74, 6) is 0. The molecule has 0 bridgehead atoms. The molecule has 138 valence electrons. The molecule has 0 spiro atoms. The smallest absolute Gasteiger partial charge is 0.319 e. The van der Waals surface area contributed by atoms with Gasteiger partial charge in [-0.25, -0.2) is 4.79 Å². The Kier molecular flexibility index (Phi) is 5.84. The molecule has 0 radical (unpaired) electrons. The molecular formula is C20H31N3O2. The summed E-state index contributed by atoms with van der Waals surface area (Å²) in [7, 11) is 0. The molecule has 1 aromatic carbocycles. The Bertz CT molecular complexity index is 605. The maximum absolute atomic E-state index is 12.3. The van der Waals surface area contributed by atoms with E-state index in [1.165, 1.54) is 24.9 Å². The molecule has 2 aliphatic rings. The molecule has 2 fully saturated rings. The lowest BCUT2D eigenvalue weighted by Crippen LogP contribution is -2.46. The van der Waals surface area contributed by atoms with Crippen molar-refractivity contribution in [2.75, 3.05) is 16.8 Å². The van der Waals surface area contributed by atoms with E-state index in [0.717, 1.165) is 43.5 Å². The number of aryl methyl sites for hydroxylation is 1. The first-order chi connectivity index (χ1) is 12.0. The summed E-state index contributed by atoms with van der Waals surface area (Å²) in [5.41, 5.74) is 3.13. The summed E-state index contributed by atoms with van der Waals surface area (Å²) >= 11 is 0. The van der Waals surface area contributed by atoms with Crippen molar-refractivity contribution in [2.24, 2.45) is 0 Å². The number of carbonyl (C=O) groups is 1. The van der Waals surface area contributed by atoms with Gasteiger partial charge in [-0.15, -0.1) is 0 Å². The number of nitrogens with zero attached hydrogens (tertiary/aromatic N) is 1. The van der Waals surface area contributed by atoms with Crippen molar-refractivity contribution in [3.05, 3.63) is 23.8 Å². The van der Waals surface area contributed by atoms with Gasteiger partial charge in [-0.2, -0.15) is 0 Å². The highest BCUT2D eigenvalue weighted by Gasteiger charge is 2.24. The number of amides is 2. The number of hydrogen-bond donors (Lipinski definition) is 3. The van der Waals surface area contributed by atoms with Gasteiger partial charge in [0, 0.05) is 24.0 Å². The van der Waals surface area contributed by atoms with Gasteiger partial charge in [-0.1, -0.05) is 12.8 Å². The zero-order valence-electron chi connectivity index (χ0n) is 15.4. The quantitative estimate of drug-likeness (QED) is 0.781. The molecule has 3 atom stereocenters. The van der Waals surface area contributed by atoms with Gasteiger partial charge in [0.2, 0.25) is 0 Å². The van der Waals surface area contributed by atoms with E-state index in [0.29, 0.717) is 6.04 Å². The molecule has 0 aromatic heterocycles. The summed E-state index contributed by atoms with van der Waals surface area (Å²) in [4.78, 5) is 14.7. The average molecular weight is 345 g/mol. The number of aliphatic hydroxyl groups excluding tert-OH is 1. The van der Waals surface area contributed by atoms with E-state index in [9.17, 15) is 9.90 Å². The van der Waals surface area contributed by atoms with Gasteiger partial charge in [-0.3, -0.25) is 0 Å². The van der Waals surface area contributed by atoms with Crippen molar-refractivity contribution in [2.45, 2.75) is 77.0 Å². The van der Waals surface area contributed by atoms with Crippen LogP contribution in [0, 0.1) is 6.92 Å². The highest BCUT2D eigenvalue weighted by Crippen LogP contribution is 2.28. The van der Waals surface area contributed by atoms with Gasteiger partial charge in [0.15, 0.2) is 0 Å². The van der Waals surface area contributed by atoms with Crippen LogP contribution >= 0.6 is 0 Å². The number of carbonyl (C=O) groups excluding carboxylic acids is 1. The van der Waals surface area contributed by atoms with E-state index in [-0.39, 0.29) is 12.1 Å². The third-order valence-corrected chi connectivity index (χ3v) is 5.64. The van der Waals surface area contributed by atoms with Gasteiger partial charge in [0.25, 0.3) is 0 Å². The van der Waals surface area contributed by atoms with E-state index in [1.807, 2.05) is 13.0 Å². The Balaban J connectivity index is 1.61. The number of benzene rings is 1. The molecule has 5 nitrogen and oxygen atoms in total. The summed E-state index contributed by atoms with van der Waals surface area (Å²) in [6, 6.07) is 6.45. The van der Waals surface area contributed by atoms with Gasteiger partial charge in [-0.05, 0) is 69.7 Å². The van der Waals surface area contributed by atoms with Gasteiger partial charge < -0.3 is 20.6 Å². The predicted molar refractivity (Wildman–Crippen MR) is 102 cm³/mol. The number of rotatable bonds is 3. The maximum atomic E-state index is 12.3. The average Bonchev–Trinajstić information content (AvgIpc) is 2.59. The van der Waals surface area contributed by atoms with Crippen molar-refractivity contribution >= 4 is 17.4 Å². The Hall–Kier alpha value is -1.75. The second kappa shape index (κ2) is 8.09.